The number of hydrogen-bond donors (Lipinski definition) is 1. The van der Waals surface area contributed by atoms with Crippen LogP contribution in [-0.4, -0.2) is 14.1 Å². The van der Waals surface area contributed by atoms with E-state index in [2.05, 4.69) is 117 Å². The highest BCUT2D eigenvalue weighted by atomic mass is 16.5. The topological polar surface area (TPSA) is 29.1 Å². The summed E-state index contributed by atoms with van der Waals surface area (Å²) in [5, 5.41) is 4.86. The first-order valence-electron chi connectivity index (χ1n) is 12.1. The number of allylic oxidation sites excluding steroid dienone is 1. The monoisotopic (exact) mass is 449 g/mol. The van der Waals surface area contributed by atoms with Crippen molar-refractivity contribution in [1.82, 2.24) is 0 Å². The van der Waals surface area contributed by atoms with Crippen molar-refractivity contribution in [3.63, 3.8) is 0 Å². The average molecular weight is 450 g/mol. The molecule has 0 fully saturated rings. The fourth-order valence-corrected chi connectivity index (χ4v) is 5.31. The molecule has 1 unspecified atom stereocenters. The molecule has 5 rings (SSSR count). The predicted octanol–water partition coefficient (Wildman–Crippen LogP) is 6.23. The molecule has 0 bridgehead atoms. The molecule has 0 aliphatic carbocycles. The second-order valence-corrected chi connectivity index (χ2v) is 9.58. The lowest BCUT2D eigenvalue weighted by molar-refractivity contribution is -0.540. The molecular weight excluding hydrogens is 416 g/mol. The molecule has 1 aliphatic rings. The van der Waals surface area contributed by atoms with Crippen molar-refractivity contribution in [1.29, 1.82) is 0 Å². The zero-order valence-electron chi connectivity index (χ0n) is 20.5. The van der Waals surface area contributed by atoms with Crippen molar-refractivity contribution in [2.24, 2.45) is 0 Å². The Balaban J connectivity index is 1.63. The lowest BCUT2D eigenvalue weighted by Gasteiger charge is -2.32. The van der Waals surface area contributed by atoms with Crippen molar-refractivity contribution in [3.05, 3.63) is 114 Å². The van der Waals surface area contributed by atoms with E-state index in [1.165, 1.54) is 33.2 Å². The van der Waals surface area contributed by atoms with Crippen LogP contribution in [0.15, 0.2) is 96.9 Å². The van der Waals surface area contributed by atoms with Crippen molar-refractivity contribution in [2.45, 2.75) is 32.1 Å². The summed E-state index contributed by atoms with van der Waals surface area (Å²) >= 11 is 0. The van der Waals surface area contributed by atoms with E-state index in [-0.39, 0.29) is 5.41 Å². The van der Waals surface area contributed by atoms with E-state index in [4.69, 9.17) is 4.74 Å². The Kier molecular flexibility index (Phi) is 5.89. The Bertz CT molecular complexity index is 1370. The summed E-state index contributed by atoms with van der Waals surface area (Å²) in [6.07, 6.45) is 4.10. The van der Waals surface area contributed by atoms with Crippen LogP contribution < -0.4 is 15.0 Å². The number of aryl methyl sites for hydroxylation is 1. The molecule has 0 saturated carbocycles. The molecule has 2 N–H and O–H groups in total. The SMILES string of the molecule is C[NH2+]c1ccc2ccccc2c1C(C)(C/C=C1\Oc2ccccc2N1C)Cc1ccccc1C. The quantitative estimate of drug-likeness (QED) is 0.353. The fraction of sp³-hybridized carbons (Fsp3) is 0.226. The first-order chi connectivity index (χ1) is 16.5. The van der Waals surface area contributed by atoms with Gasteiger partial charge in [-0.25, -0.2) is 0 Å². The molecule has 0 aromatic heterocycles. The van der Waals surface area contributed by atoms with Gasteiger partial charge in [0.15, 0.2) is 11.6 Å². The van der Waals surface area contributed by atoms with E-state index in [1.807, 2.05) is 12.1 Å². The third-order valence-corrected chi connectivity index (χ3v) is 7.22. The Morgan fingerprint density at radius 2 is 1.65 bits per heavy atom. The van der Waals surface area contributed by atoms with E-state index < -0.39 is 0 Å². The van der Waals surface area contributed by atoms with E-state index >= 15 is 0 Å². The van der Waals surface area contributed by atoms with Gasteiger partial charge >= 0.3 is 0 Å². The largest absolute Gasteiger partial charge is 0.439 e. The molecule has 4 aromatic rings. The second kappa shape index (κ2) is 9.00. The lowest BCUT2D eigenvalue weighted by Crippen LogP contribution is -2.73. The molecule has 3 heteroatoms. The van der Waals surface area contributed by atoms with Crippen LogP contribution in [0.25, 0.3) is 10.8 Å². The highest BCUT2D eigenvalue weighted by Crippen LogP contribution is 2.42. The van der Waals surface area contributed by atoms with Gasteiger partial charge in [-0.2, -0.15) is 0 Å². The molecule has 0 amide bonds. The van der Waals surface area contributed by atoms with Gasteiger partial charge in [0.05, 0.1) is 12.7 Å². The van der Waals surface area contributed by atoms with Gasteiger partial charge in [-0.05, 0) is 72.0 Å². The molecule has 1 heterocycles. The third-order valence-electron chi connectivity index (χ3n) is 7.22. The maximum absolute atomic E-state index is 6.25. The number of para-hydroxylation sites is 2. The van der Waals surface area contributed by atoms with Gasteiger partial charge in [0.2, 0.25) is 0 Å². The van der Waals surface area contributed by atoms with E-state index in [1.54, 1.807) is 0 Å². The van der Waals surface area contributed by atoms with Crippen molar-refractivity contribution < 1.29 is 10.1 Å². The molecule has 0 saturated heterocycles. The van der Waals surface area contributed by atoms with Gasteiger partial charge in [-0.15, -0.1) is 0 Å². The Labute approximate surface area is 202 Å². The van der Waals surface area contributed by atoms with Crippen molar-refractivity contribution >= 4 is 22.1 Å². The molecule has 3 nitrogen and oxygen atoms in total. The van der Waals surface area contributed by atoms with Crippen LogP contribution >= 0.6 is 0 Å². The minimum atomic E-state index is -0.124. The normalized spacial score (nSPS) is 15.9. The standard InChI is InChI=1S/C31H32N2O/c1-22-11-5-6-13-24(22)21-31(2,20-19-29-33(4)27-15-9-10-16-28(27)34-29)30-25-14-8-7-12-23(25)17-18-26(30)32-3/h5-19,32H,20-21H2,1-4H3/p+1/b29-19-. The van der Waals surface area contributed by atoms with E-state index in [0.29, 0.717) is 0 Å². The van der Waals surface area contributed by atoms with Gasteiger partial charge in [0.1, 0.15) is 5.69 Å². The highest BCUT2D eigenvalue weighted by molar-refractivity contribution is 5.90. The molecule has 172 valence electrons. The zero-order chi connectivity index (χ0) is 23.7. The Morgan fingerprint density at radius 1 is 0.912 bits per heavy atom. The number of fused-ring (bicyclic) bond motifs is 2. The van der Waals surface area contributed by atoms with Crippen molar-refractivity contribution in [2.75, 3.05) is 19.0 Å². The van der Waals surface area contributed by atoms with Crippen molar-refractivity contribution in [3.8, 4) is 5.75 Å². The number of benzene rings is 4. The number of ether oxygens (including phenoxy) is 1. The minimum Gasteiger partial charge on any atom is -0.439 e. The van der Waals surface area contributed by atoms with Gasteiger partial charge in [0.25, 0.3) is 0 Å². The number of nitrogens with two attached hydrogens (primary N) is 1. The average Bonchev–Trinajstić information content (AvgIpc) is 3.19. The van der Waals surface area contributed by atoms with Crippen LogP contribution in [0.1, 0.15) is 30.0 Å². The molecule has 34 heavy (non-hydrogen) atoms. The summed E-state index contributed by atoms with van der Waals surface area (Å²) < 4.78 is 6.25. The molecule has 0 spiro atoms. The minimum absolute atomic E-state index is 0.124. The molecular formula is C31H33N2O+. The van der Waals surface area contributed by atoms with Gasteiger partial charge in [-0.1, -0.05) is 67.6 Å². The van der Waals surface area contributed by atoms with Gasteiger partial charge < -0.3 is 15.0 Å². The van der Waals surface area contributed by atoms with Crippen LogP contribution in [0.3, 0.4) is 0 Å². The first kappa shape index (κ1) is 22.2. The molecule has 0 radical (unpaired) electrons. The smallest absolute Gasteiger partial charge is 0.196 e. The van der Waals surface area contributed by atoms with Crippen LogP contribution in [0.2, 0.25) is 0 Å². The summed E-state index contributed by atoms with van der Waals surface area (Å²) in [5.74, 6) is 1.82. The molecule has 1 aliphatic heterocycles. The van der Waals surface area contributed by atoms with Crippen LogP contribution in [0.4, 0.5) is 11.4 Å². The summed E-state index contributed by atoms with van der Waals surface area (Å²) in [4.78, 5) is 2.15. The number of rotatable bonds is 6. The summed E-state index contributed by atoms with van der Waals surface area (Å²) in [6, 6.07) is 30.3. The number of nitrogens with zero attached hydrogens (tertiary/aromatic N) is 1. The molecule has 4 aromatic carbocycles. The summed E-state index contributed by atoms with van der Waals surface area (Å²) in [7, 11) is 4.23. The molecule has 1 atom stereocenters. The maximum atomic E-state index is 6.25. The van der Waals surface area contributed by atoms with E-state index in [9.17, 15) is 0 Å². The maximum Gasteiger partial charge on any atom is 0.196 e. The van der Waals surface area contributed by atoms with E-state index in [0.717, 1.165) is 30.2 Å². The van der Waals surface area contributed by atoms with Gasteiger partial charge in [-0.3, -0.25) is 0 Å². The Morgan fingerprint density at radius 3 is 2.44 bits per heavy atom. The first-order valence-corrected chi connectivity index (χ1v) is 12.1. The lowest BCUT2D eigenvalue weighted by atomic mass is 9.71. The highest BCUT2D eigenvalue weighted by Gasteiger charge is 2.34. The third kappa shape index (κ3) is 3.97. The number of anilines is 1. The Hall–Kier alpha value is -3.56. The summed E-state index contributed by atoms with van der Waals surface area (Å²) in [5.41, 5.74) is 6.43. The van der Waals surface area contributed by atoms with Crippen LogP contribution in [-0.2, 0) is 11.8 Å². The second-order valence-electron chi connectivity index (χ2n) is 9.58. The number of quaternary nitrogens is 1. The fourth-order valence-electron chi connectivity index (χ4n) is 5.31. The van der Waals surface area contributed by atoms with Gasteiger partial charge in [0, 0.05) is 18.0 Å². The zero-order valence-corrected chi connectivity index (χ0v) is 20.5. The predicted molar refractivity (Wildman–Crippen MR) is 142 cm³/mol. The summed E-state index contributed by atoms with van der Waals surface area (Å²) in [6.45, 7) is 4.63. The number of hydrogen-bond acceptors (Lipinski definition) is 2. The van der Waals surface area contributed by atoms with Crippen LogP contribution in [0, 0.1) is 6.92 Å². The van der Waals surface area contributed by atoms with Crippen LogP contribution in [0.5, 0.6) is 5.75 Å².